The van der Waals surface area contributed by atoms with Gasteiger partial charge in [0, 0.05) is 17.2 Å². The van der Waals surface area contributed by atoms with E-state index in [2.05, 4.69) is 14.3 Å². The monoisotopic (exact) mass is 281 g/mol. The standard InChI is InChI=1S/C9H7N5O2S2/c10-4-6-3-7(11)1-2-8(6)18(15,16)13-9-5-12-14-17-9/h1-3,5,13H,11H2. The van der Waals surface area contributed by atoms with Gasteiger partial charge in [0.1, 0.15) is 16.0 Å². The van der Waals surface area contributed by atoms with E-state index >= 15 is 0 Å². The van der Waals surface area contributed by atoms with E-state index in [9.17, 15) is 8.42 Å². The molecule has 0 aliphatic rings. The number of sulfonamides is 1. The predicted octanol–water partition coefficient (Wildman–Crippen LogP) is 0.793. The molecule has 1 heterocycles. The van der Waals surface area contributed by atoms with Crippen LogP contribution in [0.4, 0.5) is 10.7 Å². The summed E-state index contributed by atoms with van der Waals surface area (Å²) in [5, 5.41) is 12.7. The number of aromatic nitrogens is 2. The summed E-state index contributed by atoms with van der Waals surface area (Å²) < 4.78 is 29.9. The van der Waals surface area contributed by atoms with Crippen LogP contribution in [0.5, 0.6) is 0 Å². The molecule has 0 radical (unpaired) electrons. The van der Waals surface area contributed by atoms with Crippen molar-refractivity contribution in [2.45, 2.75) is 4.90 Å². The molecular weight excluding hydrogens is 274 g/mol. The van der Waals surface area contributed by atoms with Gasteiger partial charge in [-0.25, -0.2) is 8.42 Å². The fraction of sp³-hybridized carbons (Fsp3) is 0. The van der Waals surface area contributed by atoms with Crippen LogP contribution < -0.4 is 10.5 Å². The third-order valence-corrected chi connectivity index (χ3v) is 4.14. The second-order valence-corrected chi connectivity index (χ2v) is 5.69. The minimum absolute atomic E-state index is 0.0139. The number of nitriles is 1. The van der Waals surface area contributed by atoms with Crippen LogP contribution in [0.1, 0.15) is 5.56 Å². The summed E-state index contributed by atoms with van der Waals surface area (Å²) in [6, 6.07) is 5.80. The van der Waals surface area contributed by atoms with E-state index in [1.165, 1.54) is 24.4 Å². The molecule has 7 nitrogen and oxygen atoms in total. The van der Waals surface area contributed by atoms with Gasteiger partial charge in [0.2, 0.25) is 0 Å². The number of nitrogens with two attached hydrogens (primary N) is 1. The van der Waals surface area contributed by atoms with Gasteiger partial charge < -0.3 is 5.73 Å². The molecule has 0 bridgehead atoms. The topological polar surface area (TPSA) is 122 Å². The zero-order chi connectivity index (χ0) is 13.2. The minimum Gasteiger partial charge on any atom is -0.399 e. The zero-order valence-corrected chi connectivity index (χ0v) is 10.5. The van der Waals surface area contributed by atoms with Crippen molar-refractivity contribution in [1.29, 1.82) is 5.26 Å². The van der Waals surface area contributed by atoms with Gasteiger partial charge in [0.05, 0.1) is 11.8 Å². The van der Waals surface area contributed by atoms with Crippen LogP contribution in [0.25, 0.3) is 0 Å². The number of anilines is 2. The van der Waals surface area contributed by atoms with Gasteiger partial charge in [-0.15, -0.1) is 5.10 Å². The lowest BCUT2D eigenvalue weighted by molar-refractivity contribution is 0.601. The van der Waals surface area contributed by atoms with Crippen LogP contribution in [0.3, 0.4) is 0 Å². The van der Waals surface area contributed by atoms with Gasteiger partial charge in [-0.1, -0.05) is 4.49 Å². The number of nitrogens with zero attached hydrogens (tertiary/aromatic N) is 3. The zero-order valence-electron chi connectivity index (χ0n) is 8.86. The lowest BCUT2D eigenvalue weighted by Crippen LogP contribution is -2.13. The molecule has 3 N–H and O–H groups in total. The molecule has 0 spiro atoms. The van der Waals surface area contributed by atoms with Gasteiger partial charge in [0.25, 0.3) is 10.0 Å². The van der Waals surface area contributed by atoms with Crippen molar-refractivity contribution in [1.82, 2.24) is 9.59 Å². The molecule has 0 fully saturated rings. The van der Waals surface area contributed by atoms with Gasteiger partial charge >= 0.3 is 0 Å². The van der Waals surface area contributed by atoms with E-state index in [4.69, 9.17) is 11.0 Å². The molecule has 1 aromatic heterocycles. The Balaban J connectivity index is 2.45. The van der Waals surface area contributed by atoms with Gasteiger partial charge in [-0.05, 0) is 18.2 Å². The second kappa shape index (κ2) is 4.59. The second-order valence-electron chi connectivity index (χ2n) is 3.25. The van der Waals surface area contributed by atoms with Crippen molar-refractivity contribution >= 4 is 32.2 Å². The van der Waals surface area contributed by atoms with E-state index in [1.54, 1.807) is 6.07 Å². The number of hydrogen-bond donors (Lipinski definition) is 2. The first-order valence-corrected chi connectivity index (χ1v) is 6.88. The molecule has 0 unspecified atom stereocenters. The van der Waals surface area contributed by atoms with Crippen molar-refractivity contribution in [2.75, 3.05) is 10.5 Å². The lowest BCUT2D eigenvalue weighted by Gasteiger charge is -2.07. The molecule has 18 heavy (non-hydrogen) atoms. The van der Waals surface area contributed by atoms with Gasteiger partial charge in [-0.3, -0.25) is 4.72 Å². The van der Waals surface area contributed by atoms with Crippen LogP contribution in [0.15, 0.2) is 29.3 Å². The van der Waals surface area contributed by atoms with Crippen molar-refractivity contribution in [3.8, 4) is 6.07 Å². The Morgan fingerprint density at radius 3 is 2.83 bits per heavy atom. The number of benzene rings is 1. The van der Waals surface area contributed by atoms with E-state index in [0.29, 0.717) is 5.69 Å². The normalized spacial score (nSPS) is 10.8. The molecule has 0 saturated carbocycles. The van der Waals surface area contributed by atoms with Crippen LogP contribution in [-0.2, 0) is 10.0 Å². The SMILES string of the molecule is N#Cc1cc(N)ccc1S(=O)(=O)Nc1cnns1. The molecule has 1 aromatic carbocycles. The smallest absolute Gasteiger partial charge is 0.263 e. The molecule has 0 atom stereocenters. The molecule has 0 aliphatic carbocycles. The van der Waals surface area contributed by atoms with Crippen LogP contribution >= 0.6 is 11.5 Å². The molecule has 0 amide bonds. The maximum atomic E-state index is 12.0. The highest BCUT2D eigenvalue weighted by Gasteiger charge is 2.19. The highest BCUT2D eigenvalue weighted by atomic mass is 32.2. The Morgan fingerprint density at radius 2 is 2.22 bits per heavy atom. The molecular formula is C9H7N5O2S2. The number of hydrogen-bond acceptors (Lipinski definition) is 7. The first-order chi connectivity index (χ1) is 8.53. The Kier molecular flexibility index (Phi) is 3.14. The van der Waals surface area contributed by atoms with E-state index in [1.807, 2.05) is 0 Å². The van der Waals surface area contributed by atoms with Crippen LogP contribution in [0, 0.1) is 11.3 Å². The summed E-state index contributed by atoms with van der Waals surface area (Å²) in [6.45, 7) is 0. The third kappa shape index (κ3) is 2.39. The first-order valence-electron chi connectivity index (χ1n) is 4.63. The summed E-state index contributed by atoms with van der Waals surface area (Å²) in [4.78, 5) is -0.132. The Hall–Kier alpha value is -2.18. The quantitative estimate of drug-likeness (QED) is 0.802. The first kappa shape index (κ1) is 12.3. The maximum absolute atomic E-state index is 12.0. The Labute approximate surface area is 107 Å². The predicted molar refractivity (Wildman–Crippen MR) is 66.3 cm³/mol. The van der Waals surface area contributed by atoms with Crippen LogP contribution in [-0.4, -0.2) is 18.0 Å². The average Bonchev–Trinajstić information content (AvgIpc) is 2.80. The van der Waals surface area contributed by atoms with Crippen molar-refractivity contribution in [3.63, 3.8) is 0 Å². The summed E-state index contributed by atoms with van der Waals surface area (Å²) in [5.74, 6) is 0. The fourth-order valence-electron chi connectivity index (χ4n) is 1.27. The summed E-state index contributed by atoms with van der Waals surface area (Å²) in [7, 11) is -3.84. The summed E-state index contributed by atoms with van der Waals surface area (Å²) >= 11 is 0.902. The third-order valence-electron chi connectivity index (χ3n) is 2.01. The maximum Gasteiger partial charge on any atom is 0.263 e. The summed E-state index contributed by atoms with van der Waals surface area (Å²) in [6.07, 6.45) is 1.28. The van der Waals surface area contributed by atoms with E-state index in [0.717, 1.165) is 11.5 Å². The number of rotatable bonds is 3. The van der Waals surface area contributed by atoms with Crippen molar-refractivity contribution < 1.29 is 8.42 Å². The molecule has 92 valence electrons. The Morgan fingerprint density at radius 1 is 1.44 bits per heavy atom. The number of nitrogens with one attached hydrogen (secondary N) is 1. The highest BCUT2D eigenvalue weighted by Crippen LogP contribution is 2.22. The minimum atomic E-state index is -3.84. The molecule has 0 aliphatic heterocycles. The lowest BCUT2D eigenvalue weighted by atomic mass is 10.2. The summed E-state index contributed by atoms with van der Waals surface area (Å²) in [5.41, 5.74) is 5.81. The van der Waals surface area contributed by atoms with E-state index in [-0.39, 0.29) is 15.5 Å². The van der Waals surface area contributed by atoms with Crippen molar-refractivity contribution in [2.24, 2.45) is 0 Å². The fourth-order valence-corrected chi connectivity index (χ4v) is 3.09. The molecule has 9 heteroatoms. The van der Waals surface area contributed by atoms with Gasteiger partial charge in [-0.2, -0.15) is 5.26 Å². The number of nitrogen functional groups attached to an aromatic ring is 1. The highest BCUT2D eigenvalue weighted by molar-refractivity contribution is 7.93. The largest absolute Gasteiger partial charge is 0.399 e. The van der Waals surface area contributed by atoms with E-state index < -0.39 is 10.0 Å². The van der Waals surface area contributed by atoms with Crippen molar-refractivity contribution in [3.05, 3.63) is 30.0 Å². The molecule has 2 aromatic rings. The molecule has 2 rings (SSSR count). The van der Waals surface area contributed by atoms with Gasteiger partial charge in [0.15, 0.2) is 0 Å². The average molecular weight is 281 g/mol. The Bertz CT molecular complexity index is 703. The van der Waals surface area contributed by atoms with Crippen LogP contribution in [0.2, 0.25) is 0 Å². The molecule has 0 saturated heterocycles.